The van der Waals surface area contributed by atoms with Gasteiger partial charge in [0.15, 0.2) is 0 Å². The van der Waals surface area contributed by atoms with Crippen molar-refractivity contribution in [3.8, 4) is 0 Å². The zero-order valence-electron chi connectivity index (χ0n) is 12.3. The fourth-order valence-electron chi connectivity index (χ4n) is 3.20. The summed E-state index contributed by atoms with van der Waals surface area (Å²) in [5.74, 6) is 1.20. The average Bonchev–Trinajstić information content (AvgIpc) is 2.85. The minimum Gasteiger partial charge on any atom is -0.368 e. The summed E-state index contributed by atoms with van der Waals surface area (Å²) in [7, 11) is 1.86. The number of nitrogens with two attached hydrogens (primary N) is 1. The largest absolute Gasteiger partial charge is 0.368 e. The molecule has 1 fully saturated rings. The summed E-state index contributed by atoms with van der Waals surface area (Å²) in [5, 5.41) is 3.20. The van der Waals surface area contributed by atoms with Gasteiger partial charge in [0.2, 0.25) is 5.91 Å². The molecule has 2 unspecified atom stereocenters. The Morgan fingerprint density at radius 1 is 1.45 bits per heavy atom. The Kier molecular flexibility index (Phi) is 5.11. The minimum absolute atomic E-state index is 0.192. The molecular weight excluding hydrogens is 268 g/mol. The molecule has 1 aliphatic rings. The number of aryl methyl sites for hydroxylation is 1. The van der Waals surface area contributed by atoms with Crippen molar-refractivity contribution < 1.29 is 4.79 Å². The molecule has 4 heteroatoms. The molecule has 2 atom stereocenters. The zero-order valence-corrected chi connectivity index (χ0v) is 13.1. The van der Waals surface area contributed by atoms with Crippen molar-refractivity contribution in [2.45, 2.75) is 43.0 Å². The van der Waals surface area contributed by atoms with E-state index in [1.165, 1.54) is 10.5 Å². The van der Waals surface area contributed by atoms with Crippen molar-refractivity contribution in [3.05, 3.63) is 29.8 Å². The molecular formula is C16H24N2OS. The highest BCUT2D eigenvalue weighted by Gasteiger charge is 2.45. The van der Waals surface area contributed by atoms with E-state index >= 15 is 0 Å². The number of nitrogens with one attached hydrogen (secondary N) is 1. The lowest BCUT2D eigenvalue weighted by atomic mass is 9.84. The molecule has 20 heavy (non-hydrogen) atoms. The second kappa shape index (κ2) is 6.64. The van der Waals surface area contributed by atoms with Gasteiger partial charge in [-0.25, -0.2) is 0 Å². The smallest absolute Gasteiger partial charge is 0.238 e. The monoisotopic (exact) mass is 292 g/mol. The first-order valence-corrected chi connectivity index (χ1v) is 8.25. The summed E-state index contributed by atoms with van der Waals surface area (Å²) in [6.45, 7) is 2.10. The second-order valence-electron chi connectivity index (χ2n) is 5.62. The molecule has 3 N–H and O–H groups in total. The molecule has 2 rings (SSSR count). The fourth-order valence-corrected chi connectivity index (χ4v) is 4.17. The molecule has 0 aliphatic heterocycles. The number of primary amides is 1. The maximum atomic E-state index is 11.8. The summed E-state index contributed by atoms with van der Waals surface area (Å²) in [4.78, 5) is 13.1. The molecule has 1 amide bonds. The average molecular weight is 292 g/mol. The minimum atomic E-state index is -0.478. The molecule has 0 spiro atoms. The van der Waals surface area contributed by atoms with Crippen molar-refractivity contribution in [3.63, 3.8) is 0 Å². The summed E-state index contributed by atoms with van der Waals surface area (Å²) in [5.41, 5.74) is 6.43. The van der Waals surface area contributed by atoms with Crippen molar-refractivity contribution in [1.29, 1.82) is 0 Å². The van der Waals surface area contributed by atoms with E-state index < -0.39 is 5.54 Å². The molecule has 0 radical (unpaired) electrons. The van der Waals surface area contributed by atoms with E-state index in [1.54, 1.807) is 0 Å². The van der Waals surface area contributed by atoms with Crippen LogP contribution in [0.25, 0.3) is 0 Å². The van der Waals surface area contributed by atoms with Gasteiger partial charge in [-0.15, -0.1) is 11.8 Å². The predicted molar refractivity (Wildman–Crippen MR) is 84.8 cm³/mol. The lowest BCUT2D eigenvalue weighted by molar-refractivity contribution is -0.125. The van der Waals surface area contributed by atoms with Crippen LogP contribution in [0.15, 0.2) is 29.2 Å². The molecule has 1 saturated carbocycles. The third-order valence-electron chi connectivity index (χ3n) is 4.46. The third kappa shape index (κ3) is 3.18. The van der Waals surface area contributed by atoms with Crippen LogP contribution >= 0.6 is 11.8 Å². The van der Waals surface area contributed by atoms with Gasteiger partial charge in [0.25, 0.3) is 0 Å². The Morgan fingerprint density at radius 3 is 2.75 bits per heavy atom. The number of likely N-dealkylation sites (N-methyl/N-ethyl adjacent to an activating group) is 1. The summed E-state index contributed by atoms with van der Waals surface area (Å²) in [6.07, 6.45) is 4.09. The van der Waals surface area contributed by atoms with Gasteiger partial charge in [0.05, 0.1) is 0 Å². The quantitative estimate of drug-likeness (QED) is 0.793. The van der Waals surface area contributed by atoms with Gasteiger partial charge in [0, 0.05) is 4.90 Å². The Balaban J connectivity index is 1.90. The lowest BCUT2D eigenvalue weighted by Gasteiger charge is -2.32. The Morgan fingerprint density at radius 2 is 2.15 bits per heavy atom. The van der Waals surface area contributed by atoms with Crippen LogP contribution in [-0.4, -0.2) is 24.2 Å². The SMILES string of the molecule is CNC1(C(N)=O)CCCC1CCSc1ccc(C)cc1. The number of carbonyl (C=O) groups excluding carboxylic acids is 1. The van der Waals surface area contributed by atoms with Crippen molar-refractivity contribution >= 4 is 17.7 Å². The van der Waals surface area contributed by atoms with E-state index in [0.29, 0.717) is 5.92 Å². The number of rotatable bonds is 6. The Hall–Kier alpha value is -1.00. The third-order valence-corrected chi connectivity index (χ3v) is 5.51. The maximum absolute atomic E-state index is 11.8. The van der Waals surface area contributed by atoms with Crippen LogP contribution in [0.4, 0.5) is 0 Å². The van der Waals surface area contributed by atoms with Gasteiger partial charge in [-0.05, 0) is 57.0 Å². The van der Waals surface area contributed by atoms with Crippen LogP contribution in [0.2, 0.25) is 0 Å². The standard InChI is InChI=1S/C16H24N2OS/c1-12-5-7-14(8-6-12)20-11-9-13-4-3-10-16(13,18-2)15(17)19/h5-8,13,18H,3-4,9-11H2,1-2H3,(H2,17,19). The van der Waals surface area contributed by atoms with E-state index in [4.69, 9.17) is 5.73 Å². The molecule has 1 aliphatic carbocycles. The maximum Gasteiger partial charge on any atom is 0.238 e. The molecule has 0 saturated heterocycles. The predicted octanol–water partition coefficient (Wildman–Crippen LogP) is 2.72. The normalized spacial score (nSPS) is 25.8. The van der Waals surface area contributed by atoms with Gasteiger partial charge >= 0.3 is 0 Å². The number of carbonyl (C=O) groups is 1. The van der Waals surface area contributed by atoms with E-state index in [1.807, 2.05) is 18.8 Å². The molecule has 110 valence electrons. The number of benzene rings is 1. The summed E-state index contributed by atoms with van der Waals surface area (Å²) >= 11 is 1.86. The van der Waals surface area contributed by atoms with E-state index in [2.05, 4.69) is 36.5 Å². The molecule has 0 aromatic heterocycles. The lowest BCUT2D eigenvalue weighted by Crippen LogP contribution is -2.56. The topological polar surface area (TPSA) is 55.1 Å². The van der Waals surface area contributed by atoms with E-state index in [0.717, 1.165) is 31.4 Å². The van der Waals surface area contributed by atoms with Crippen LogP contribution in [0.3, 0.4) is 0 Å². The van der Waals surface area contributed by atoms with Crippen molar-refractivity contribution in [1.82, 2.24) is 5.32 Å². The van der Waals surface area contributed by atoms with Gasteiger partial charge in [-0.2, -0.15) is 0 Å². The first kappa shape index (κ1) is 15.4. The number of thioether (sulfide) groups is 1. The molecule has 0 heterocycles. The van der Waals surface area contributed by atoms with E-state index in [-0.39, 0.29) is 5.91 Å². The highest BCUT2D eigenvalue weighted by molar-refractivity contribution is 7.99. The van der Waals surface area contributed by atoms with E-state index in [9.17, 15) is 4.79 Å². The number of hydrogen-bond donors (Lipinski definition) is 2. The van der Waals surface area contributed by atoms with Crippen LogP contribution in [0.5, 0.6) is 0 Å². The van der Waals surface area contributed by atoms with Gasteiger partial charge in [-0.3, -0.25) is 4.79 Å². The van der Waals surface area contributed by atoms with Gasteiger partial charge in [-0.1, -0.05) is 24.1 Å². The molecule has 1 aromatic rings. The molecule has 3 nitrogen and oxygen atoms in total. The summed E-state index contributed by atoms with van der Waals surface area (Å²) in [6, 6.07) is 8.60. The first-order chi connectivity index (χ1) is 9.58. The van der Waals surface area contributed by atoms with Crippen LogP contribution in [-0.2, 0) is 4.79 Å². The van der Waals surface area contributed by atoms with Gasteiger partial charge < -0.3 is 11.1 Å². The van der Waals surface area contributed by atoms with Crippen LogP contribution in [0, 0.1) is 12.8 Å². The Bertz CT molecular complexity index is 460. The van der Waals surface area contributed by atoms with Crippen molar-refractivity contribution in [2.75, 3.05) is 12.8 Å². The first-order valence-electron chi connectivity index (χ1n) is 7.27. The van der Waals surface area contributed by atoms with Gasteiger partial charge in [0.1, 0.15) is 5.54 Å². The fraction of sp³-hybridized carbons (Fsp3) is 0.562. The van der Waals surface area contributed by atoms with Crippen molar-refractivity contribution in [2.24, 2.45) is 11.7 Å². The highest BCUT2D eigenvalue weighted by Crippen LogP contribution is 2.38. The molecule has 0 bridgehead atoms. The van der Waals surface area contributed by atoms with Crippen LogP contribution < -0.4 is 11.1 Å². The van der Waals surface area contributed by atoms with Crippen LogP contribution in [0.1, 0.15) is 31.2 Å². The zero-order chi connectivity index (χ0) is 14.6. The second-order valence-corrected chi connectivity index (χ2v) is 6.79. The molecule has 1 aromatic carbocycles. The summed E-state index contributed by atoms with van der Waals surface area (Å²) < 4.78 is 0. The number of hydrogen-bond acceptors (Lipinski definition) is 3. The Labute approximate surface area is 125 Å². The number of amides is 1. The highest BCUT2D eigenvalue weighted by atomic mass is 32.2.